The van der Waals surface area contributed by atoms with Crippen LogP contribution in [0.5, 0.6) is 0 Å². The molecule has 0 spiro atoms. The molecule has 3 rings (SSSR count). The second kappa shape index (κ2) is 8.97. The molecule has 1 aliphatic rings. The van der Waals surface area contributed by atoms with E-state index in [9.17, 15) is 4.79 Å². The van der Waals surface area contributed by atoms with Crippen molar-refractivity contribution in [1.29, 1.82) is 0 Å². The van der Waals surface area contributed by atoms with E-state index in [1.807, 2.05) is 32.0 Å². The minimum absolute atomic E-state index is 0.0329. The molecule has 0 unspecified atom stereocenters. The Morgan fingerprint density at radius 1 is 0.923 bits per heavy atom. The number of carbonyl (C=O) groups is 1. The van der Waals surface area contributed by atoms with E-state index in [4.69, 9.17) is 0 Å². The topological polar surface area (TPSA) is 35.6 Å². The summed E-state index contributed by atoms with van der Waals surface area (Å²) in [5.41, 5.74) is 2.49. The summed E-state index contributed by atoms with van der Waals surface area (Å²) in [6.45, 7) is 8.90. The molecule has 2 atom stereocenters. The summed E-state index contributed by atoms with van der Waals surface area (Å²) < 4.78 is 0. The average molecular weight is 351 g/mol. The molecule has 0 bridgehead atoms. The van der Waals surface area contributed by atoms with Gasteiger partial charge in [0.2, 0.25) is 5.91 Å². The molecule has 1 saturated heterocycles. The van der Waals surface area contributed by atoms with Crippen LogP contribution >= 0.6 is 0 Å². The minimum Gasteiger partial charge on any atom is -0.348 e. The van der Waals surface area contributed by atoms with Gasteiger partial charge in [0.25, 0.3) is 0 Å². The molecule has 2 aromatic rings. The molecule has 1 heterocycles. The molecule has 0 saturated carbocycles. The maximum Gasteiger partial charge on any atom is 0.237 e. The fraction of sp³-hybridized carbons (Fsp3) is 0.409. The van der Waals surface area contributed by atoms with Gasteiger partial charge in [-0.1, -0.05) is 60.7 Å². The molecule has 1 N–H and O–H groups in total. The molecule has 138 valence electrons. The van der Waals surface area contributed by atoms with Crippen LogP contribution in [-0.2, 0) is 11.3 Å². The first-order valence-electron chi connectivity index (χ1n) is 9.49. The highest BCUT2D eigenvalue weighted by Gasteiger charge is 2.26. The first-order chi connectivity index (χ1) is 12.6. The van der Waals surface area contributed by atoms with Crippen LogP contribution in [0.4, 0.5) is 0 Å². The van der Waals surface area contributed by atoms with Gasteiger partial charge in [-0.3, -0.25) is 14.6 Å². The molecule has 0 radical (unpaired) electrons. The lowest BCUT2D eigenvalue weighted by atomic mass is 10.1. The third-order valence-electron chi connectivity index (χ3n) is 5.24. The molecule has 1 amide bonds. The van der Waals surface area contributed by atoms with Crippen LogP contribution in [-0.4, -0.2) is 47.9 Å². The van der Waals surface area contributed by atoms with Crippen LogP contribution in [0.25, 0.3) is 0 Å². The molecular formula is C22H29N3O. The van der Waals surface area contributed by atoms with Crippen molar-refractivity contribution in [3.63, 3.8) is 0 Å². The van der Waals surface area contributed by atoms with Gasteiger partial charge in [-0.15, -0.1) is 0 Å². The zero-order valence-electron chi connectivity index (χ0n) is 15.8. The Morgan fingerprint density at radius 3 is 2.12 bits per heavy atom. The number of nitrogens with zero attached hydrogens (tertiary/aromatic N) is 2. The zero-order chi connectivity index (χ0) is 18.4. The third kappa shape index (κ3) is 4.93. The number of hydrogen-bond acceptors (Lipinski definition) is 3. The standard InChI is InChI=1S/C22H29N3O/c1-18(21-11-7-4-8-12-21)23-22(26)19(2)25-15-13-24(14-16-25)17-20-9-5-3-6-10-20/h3-12,18-19H,13-17H2,1-2H3,(H,23,26)/t18-,19+/m1/s1. The number of benzene rings is 2. The van der Waals surface area contributed by atoms with Gasteiger partial charge in [-0.2, -0.15) is 0 Å². The van der Waals surface area contributed by atoms with Gasteiger partial charge < -0.3 is 5.32 Å². The second-order valence-electron chi connectivity index (χ2n) is 7.11. The predicted molar refractivity (Wildman–Crippen MR) is 106 cm³/mol. The fourth-order valence-electron chi connectivity index (χ4n) is 3.48. The van der Waals surface area contributed by atoms with E-state index >= 15 is 0 Å². The van der Waals surface area contributed by atoms with Crippen molar-refractivity contribution in [2.24, 2.45) is 0 Å². The van der Waals surface area contributed by atoms with Crippen LogP contribution in [0.2, 0.25) is 0 Å². The Balaban J connectivity index is 1.47. The first kappa shape index (κ1) is 18.6. The molecule has 2 aromatic carbocycles. The van der Waals surface area contributed by atoms with Gasteiger partial charge in [-0.05, 0) is 25.0 Å². The summed E-state index contributed by atoms with van der Waals surface area (Å²) >= 11 is 0. The van der Waals surface area contributed by atoms with Crippen molar-refractivity contribution >= 4 is 5.91 Å². The molecule has 4 nitrogen and oxygen atoms in total. The van der Waals surface area contributed by atoms with Crippen LogP contribution in [0.3, 0.4) is 0 Å². The monoisotopic (exact) mass is 351 g/mol. The highest BCUT2D eigenvalue weighted by atomic mass is 16.2. The summed E-state index contributed by atoms with van der Waals surface area (Å²) in [6, 6.07) is 20.6. The lowest BCUT2D eigenvalue weighted by Gasteiger charge is -2.37. The summed E-state index contributed by atoms with van der Waals surface area (Å²) in [7, 11) is 0. The van der Waals surface area contributed by atoms with Crippen molar-refractivity contribution in [3.05, 3.63) is 71.8 Å². The van der Waals surface area contributed by atoms with E-state index in [0.29, 0.717) is 0 Å². The molecule has 26 heavy (non-hydrogen) atoms. The number of nitrogens with one attached hydrogen (secondary N) is 1. The maximum absolute atomic E-state index is 12.6. The normalized spacial score (nSPS) is 18.2. The van der Waals surface area contributed by atoms with Crippen molar-refractivity contribution in [3.8, 4) is 0 Å². The van der Waals surface area contributed by atoms with Gasteiger partial charge in [0, 0.05) is 32.7 Å². The minimum atomic E-state index is -0.0972. The van der Waals surface area contributed by atoms with Crippen molar-refractivity contribution in [1.82, 2.24) is 15.1 Å². The van der Waals surface area contributed by atoms with Gasteiger partial charge >= 0.3 is 0 Å². The number of carbonyl (C=O) groups excluding carboxylic acids is 1. The summed E-state index contributed by atoms with van der Waals surface area (Å²) in [5.74, 6) is 0.109. The Bertz CT molecular complexity index is 681. The number of rotatable bonds is 6. The van der Waals surface area contributed by atoms with Crippen LogP contribution in [0, 0.1) is 0 Å². The lowest BCUT2D eigenvalue weighted by Crippen LogP contribution is -2.53. The summed E-state index contributed by atoms with van der Waals surface area (Å²) in [6.07, 6.45) is 0. The average Bonchev–Trinajstić information content (AvgIpc) is 2.69. The van der Waals surface area contributed by atoms with Gasteiger partial charge in [0.05, 0.1) is 12.1 Å². The van der Waals surface area contributed by atoms with E-state index in [2.05, 4.69) is 57.6 Å². The molecule has 0 aromatic heterocycles. The number of piperazine rings is 1. The smallest absolute Gasteiger partial charge is 0.237 e. The van der Waals surface area contributed by atoms with E-state index in [1.54, 1.807) is 0 Å². The van der Waals surface area contributed by atoms with Gasteiger partial charge in [0.1, 0.15) is 0 Å². The molecule has 1 aliphatic heterocycles. The summed E-state index contributed by atoms with van der Waals surface area (Å²) in [5, 5.41) is 3.15. The van der Waals surface area contributed by atoms with Crippen molar-refractivity contribution < 1.29 is 4.79 Å². The van der Waals surface area contributed by atoms with Crippen LogP contribution < -0.4 is 5.32 Å². The van der Waals surface area contributed by atoms with E-state index in [0.717, 1.165) is 38.3 Å². The number of amides is 1. The fourth-order valence-corrected chi connectivity index (χ4v) is 3.48. The quantitative estimate of drug-likeness (QED) is 0.869. The Kier molecular flexibility index (Phi) is 6.42. The Morgan fingerprint density at radius 2 is 1.50 bits per heavy atom. The molecular weight excluding hydrogens is 322 g/mol. The van der Waals surface area contributed by atoms with E-state index in [-0.39, 0.29) is 18.0 Å². The van der Waals surface area contributed by atoms with E-state index in [1.165, 1.54) is 5.56 Å². The first-order valence-corrected chi connectivity index (χ1v) is 9.49. The highest BCUT2D eigenvalue weighted by Crippen LogP contribution is 2.14. The summed E-state index contributed by atoms with van der Waals surface area (Å²) in [4.78, 5) is 17.4. The maximum atomic E-state index is 12.6. The van der Waals surface area contributed by atoms with Gasteiger partial charge in [0.15, 0.2) is 0 Å². The van der Waals surface area contributed by atoms with Crippen molar-refractivity contribution in [2.45, 2.75) is 32.5 Å². The van der Waals surface area contributed by atoms with Crippen LogP contribution in [0.1, 0.15) is 31.0 Å². The zero-order valence-corrected chi connectivity index (χ0v) is 15.8. The molecule has 1 fully saturated rings. The molecule has 0 aliphatic carbocycles. The van der Waals surface area contributed by atoms with Crippen molar-refractivity contribution in [2.75, 3.05) is 26.2 Å². The molecule has 4 heteroatoms. The lowest BCUT2D eigenvalue weighted by molar-refractivity contribution is -0.127. The predicted octanol–water partition coefficient (Wildman–Crippen LogP) is 3.07. The second-order valence-corrected chi connectivity index (χ2v) is 7.11. The number of hydrogen-bond donors (Lipinski definition) is 1. The largest absolute Gasteiger partial charge is 0.348 e. The Labute approximate surface area is 156 Å². The highest BCUT2D eigenvalue weighted by molar-refractivity contribution is 5.81. The Hall–Kier alpha value is -2.17. The van der Waals surface area contributed by atoms with Crippen LogP contribution in [0.15, 0.2) is 60.7 Å². The third-order valence-corrected chi connectivity index (χ3v) is 5.24. The SMILES string of the molecule is C[C@@H](NC(=O)[C@H](C)N1CCN(Cc2ccccc2)CC1)c1ccccc1. The van der Waals surface area contributed by atoms with Gasteiger partial charge in [-0.25, -0.2) is 0 Å². The van der Waals surface area contributed by atoms with E-state index < -0.39 is 0 Å².